The lowest BCUT2D eigenvalue weighted by Crippen LogP contribution is -2.10. The van der Waals surface area contributed by atoms with Crippen LogP contribution in [0.1, 0.15) is 19.8 Å². The van der Waals surface area contributed by atoms with Crippen LogP contribution in [0.4, 0.5) is 17.6 Å². The number of halogens is 5. The molecule has 1 unspecified atom stereocenters. The van der Waals surface area contributed by atoms with Gasteiger partial charge in [-0.05, 0) is 18.8 Å². The first-order valence-corrected chi connectivity index (χ1v) is 8.47. The van der Waals surface area contributed by atoms with Gasteiger partial charge in [-0.1, -0.05) is 6.92 Å². The molecule has 120 valence electrons. The second-order valence-corrected chi connectivity index (χ2v) is 7.47. The van der Waals surface area contributed by atoms with E-state index in [9.17, 15) is 26.0 Å². The van der Waals surface area contributed by atoms with Crippen LogP contribution in [0.25, 0.3) is 0 Å². The van der Waals surface area contributed by atoms with E-state index >= 15 is 0 Å². The molecule has 0 heterocycles. The van der Waals surface area contributed by atoms with Crippen LogP contribution in [0, 0.1) is 29.2 Å². The average Bonchev–Trinajstić information content (AvgIpc) is 2.37. The molecule has 1 aromatic carbocycles. The second-order valence-electron chi connectivity index (χ2n) is 4.57. The zero-order valence-corrected chi connectivity index (χ0v) is 12.6. The Bertz CT molecular complexity index is 581. The van der Waals surface area contributed by atoms with Crippen molar-refractivity contribution in [1.29, 1.82) is 0 Å². The minimum Gasteiger partial charge on any atom is -0.487 e. The molecule has 0 saturated heterocycles. The van der Waals surface area contributed by atoms with Crippen molar-refractivity contribution in [3.8, 4) is 5.75 Å². The summed E-state index contributed by atoms with van der Waals surface area (Å²) in [7, 11) is 1.43. The van der Waals surface area contributed by atoms with Crippen LogP contribution in [0.3, 0.4) is 0 Å². The van der Waals surface area contributed by atoms with Crippen LogP contribution < -0.4 is 4.74 Å². The van der Waals surface area contributed by atoms with Crippen LogP contribution in [0.5, 0.6) is 5.75 Å². The normalized spacial score (nSPS) is 13.2. The zero-order valence-electron chi connectivity index (χ0n) is 11.0. The van der Waals surface area contributed by atoms with Crippen LogP contribution in [0.15, 0.2) is 6.07 Å². The predicted octanol–water partition coefficient (Wildman–Crippen LogP) is 3.61. The molecule has 21 heavy (non-hydrogen) atoms. The third kappa shape index (κ3) is 5.70. The summed E-state index contributed by atoms with van der Waals surface area (Å²) in [6, 6.07) is 0.0888. The third-order valence-electron chi connectivity index (χ3n) is 2.78. The van der Waals surface area contributed by atoms with E-state index in [1.165, 1.54) is 0 Å². The second kappa shape index (κ2) is 7.31. The van der Waals surface area contributed by atoms with E-state index in [4.69, 9.17) is 15.4 Å². The van der Waals surface area contributed by atoms with Crippen molar-refractivity contribution in [2.24, 2.45) is 5.92 Å². The highest BCUT2D eigenvalue weighted by Gasteiger charge is 2.20. The lowest BCUT2D eigenvalue weighted by Gasteiger charge is -2.13. The van der Waals surface area contributed by atoms with E-state index < -0.39 is 38.1 Å². The summed E-state index contributed by atoms with van der Waals surface area (Å²) in [4.78, 5) is 0. The van der Waals surface area contributed by atoms with Gasteiger partial charge in [-0.25, -0.2) is 17.2 Å². The molecule has 1 aromatic rings. The molecule has 3 nitrogen and oxygen atoms in total. The number of hydrogen-bond acceptors (Lipinski definition) is 3. The van der Waals surface area contributed by atoms with Crippen LogP contribution in [-0.4, -0.2) is 20.8 Å². The highest BCUT2D eigenvalue weighted by Crippen LogP contribution is 2.26. The van der Waals surface area contributed by atoms with Gasteiger partial charge in [0.15, 0.2) is 17.4 Å². The van der Waals surface area contributed by atoms with Crippen molar-refractivity contribution >= 4 is 19.7 Å². The summed E-state index contributed by atoms with van der Waals surface area (Å²) in [5, 5.41) is 0. The molecule has 0 saturated carbocycles. The molecule has 0 amide bonds. The topological polar surface area (TPSA) is 43.4 Å². The highest BCUT2D eigenvalue weighted by atomic mass is 35.7. The summed E-state index contributed by atoms with van der Waals surface area (Å²) in [5.41, 5.74) is 0. The molecule has 0 spiro atoms. The first-order chi connectivity index (χ1) is 9.61. The van der Waals surface area contributed by atoms with Crippen LogP contribution >= 0.6 is 10.7 Å². The van der Waals surface area contributed by atoms with E-state index in [0.29, 0.717) is 0 Å². The van der Waals surface area contributed by atoms with Crippen molar-refractivity contribution in [2.45, 2.75) is 19.8 Å². The van der Waals surface area contributed by atoms with Gasteiger partial charge in [0.2, 0.25) is 20.7 Å². The number of rotatable bonds is 7. The molecule has 0 aliphatic heterocycles. The SMILES string of the molecule is CC(CCOc1c(F)c(F)cc(F)c1F)CCS(=O)(=O)Cl. The Morgan fingerprint density at radius 1 is 1.14 bits per heavy atom. The molecule has 1 atom stereocenters. The molecule has 0 aromatic heterocycles. The van der Waals surface area contributed by atoms with Gasteiger partial charge < -0.3 is 4.74 Å². The minimum atomic E-state index is -3.61. The Balaban J connectivity index is 2.57. The Hall–Kier alpha value is -1.02. The lowest BCUT2D eigenvalue weighted by molar-refractivity contribution is 0.248. The van der Waals surface area contributed by atoms with Gasteiger partial charge >= 0.3 is 0 Å². The van der Waals surface area contributed by atoms with Gasteiger partial charge in [-0.2, -0.15) is 8.78 Å². The van der Waals surface area contributed by atoms with Crippen LogP contribution in [-0.2, 0) is 9.05 Å². The fourth-order valence-corrected chi connectivity index (χ4v) is 2.48. The Kier molecular flexibility index (Phi) is 6.27. The lowest BCUT2D eigenvalue weighted by atomic mass is 10.1. The van der Waals surface area contributed by atoms with Crippen molar-refractivity contribution in [3.63, 3.8) is 0 Å². The van der Waals surface area contributed by atoms with Crippen molar-refractivity contribution in [1.82, 2.24) is 0 Å². The molecular formula is C12H13ClF4O3S. The van der Waals surface area contributed by atoms with E-state index in [0.717, 1.165) is 0 Å². The fourth-order valence-electron chi connectivity index (χ4n) is 1.53. The minimum absolute atomic E-state index is 0.0888. The molecule has 0 fully saturated rings. The quantitative estimate of drug-likeness (QED) is 0.429. The highest BCUT2D eigenvalue weighted by molar-refractivity contribution is 8.13. The molecule has 0 aliphatic rings. The predicted molar refractivity (Wildman–Crippen MR) is 69.8 cm³/mol. The van der Waals surface area contributed by atoms with Crippen molar-refractivity contribution < 1.29 is 30.7 Å². The average molecular weight is 349 g/mol. The molecule has 0 bridgehead atoms. The van der Waals surface area contributed by atoms with Gasteiger partial charge in [-0.3, -0.25) is 0 Å². The van der Waals surface area contributed by atoms with Crippen molar-refractivity contribution in [2.75, 3.05) is 12.4 Å². The molecular weight excluding hydrogens is 336 g/mol. The standard InChI is InChI=1S/C12H13ClF4O3S/c1-7(3-5-21(13,18)19)2-4-20-12-10(16)8(14)6-9(15)11(12)17/h6-7H,2-5H2,1H3. The molecule has 0 N–H and O–H groups in total. The molecule has 1 rings (SSSR count). The first-order valence-electron chi connectivity index (χ1n) is 6.00. The molecule has 0 aliphatic carbocycles. The molecule has 9 heteroatoms. The van der Waals surface area contributed by atoms with Gasteiger partial charge in [-0.15, -0.1) is 0 Å². The maximum atomic E-state index is 13.3. The Morgan fingerprint density at radius 2 is 1.67 bits per heavy atom. The fraction of sp³-hybridized carbons (Fsp3) is 0.500. The summed E-state index contributed by atoms with van der Waals surface area (Å²) in [6.45, 7) is 1.46. The van der Waals surface area contributed by atoms with Crippen molar-refractivity contribution in [3.05, 3.63) is 29.3 Å². The smallest absolute Gasteiger partial charge is 0.232 e. The molecule has 0 radical (unpaired) electrons. The Morgan fingerprint density at radius 3 is 2.14 bits per heavy atom. The maximum Gasteiger partial charge on any atom is 0.232 e. The zero-order chi connectivity index (χ0) is 16.2. The van der Waals surface area contributed by atoms with Gasteiger partial charge in [0, 0.05) is 16.7 Å². The van der Waals surface area contributed by atoms with E-state index in [2.05, 4.69) is 0 Å². The summed E-state index contributed by atoms with van der Waals surface area (Å²) in [6.07, 6.45) is 0.473. The third-order valence-corrected chi connectivity index (χ3v) is 3.97. The van der Waals surface area contributed by atoms with Gasteiger partial charge in [0.1, 0.15) is 0 Å². The van der Waals surface area contributed by atoms with Crippen LogP contribution in [0.2, 0.25) is 0 Å². The summed E-state index contributed by atoms with van der Waals surface area (Å²) >= 11 is 0. The van der Waals surface area contributed by atoms with Gasteiger partial charge in [0.25, 0.3) is 0 Å². The first kappa shape index (κ1) is 18.0. The number of benzene rings is 1. The summed E-state index contributed by atoms with van der Waals surface area (Å²) < 4.78 is 78.6. The monoisotopic (exact) mass is 348 g/mol. The van der Waals surface area contributed by atoms with E-state index in [1.807, 2.05) is 0 Å². The van der Waals surface area contributed by atoms with Gasteiger partial charge in [0.05, 0.1) is 12.4 Å². The number of ether oxygens (including phenoxy) is 1. The maximum absolute atomic E-state index is 13.3. The van der Waals surface area contributed by atoms with E-state index in [-0.39, 0.29) is 37.2 Å². The number of hydrogen-bond donors (Lipinski definition) is 0. The largest absolute Gasteiger partial charge is 0.487 e. The Labute approximate surface area is 124 Å². The summed E-state index contributed by atoms with van der Waals surface area (Å²) in [5.74, 6) is -7.84. The van der Waals surface area contributed by atoms with E-state index in [1.54, 1.807) is 6.92 Å².